The highest BCUT2D eigenvalue weighted by Gasteiger charge is 2.25. The van der Waals surface area contributed by atoms with Crippen molar-refractivity contribution >= 4 is 28.4 Å². The lowest BCUT2D eigenvalue weighted by molar-refractivity contribution is 0.0767. The van der Waals surface area contributed by atoms with Crippen LogP contribution in [0.25, 0.3) is 27.9 Å². The van der Waals surface area contributed by atoms with Gasteiger partial charge in [-0.15, -0.1) is 10.2 Å². The highest BCUT2D eigenvalue weighted by molar-refractivity contribution is 5.95. The molecule has 1 aliphatic heterocycles. The first kappa shape index (κ1) is 22.6. The number of hydrogen-bond acceptors (Lipinski definition) is 6. The van der Waals surface area contributed by atoms with Crippen LogP contribution < -0.4 is 4.90 Å². The van der Waals surface area contributed by atoms with E-state index in [2.05, 4.69) is 21.2 Å². The molecule has 0 aliphatic carbocycles. The van der Waals surface area contributed by atoms with Gasteiger partial charge in [0.25, 0.3) is 5.91 Å². The van der Waals surface area contributed by atoms with Crippen LogP contribution in [0.3, 0.4) is 0 Å². The van der Waals surface area contributed by atoms with Crippen LogP contribution in [0.5, 0.6) is 0 Å². The number of amides is 1. The van der Waals surface area contributed by atoms with E-state index in [1.54, 1.807) is 47.4 Å². The number of para-hydroxylation sites is 1. The Morgan fingerprint density at radius 1 is 0.919 bits per heavy atom. The van der Waals surface area contributed by atoms with E-state index in [9.17, 15) is 14.4 Å². The maximum atomic E-state index is 14.8. The van der Waals surface area contributed by atoms with E-state index in [0.717, 1.165) is 17.3 Å². The number of fused-ring (bicyclic) bond motifs is 3. The molecule has 37 heavy (non-hydrogen) atoms. The molecule has 1 fully saturated rings. The molecule has 0 radical (unpaired) electrons. The Hall–Kier alpha value is -4.84. The average molecular weight is 492 g/mol. The van der Waals surface area contributed by atoms with Crippen molar-refractivity contribution in [1.29, 1.82) is 5.26 Å². The van der Waals surface area contributed by atoms with Gasteiger partial charge in [-0.1, -0.05) is 30.3 Å². The molecule has 1 amide bonds. The first-order valence-corrected chi connectivity index (χ1v) is 12.1. The summed E-state index contributed by atoms with van der Waals surface area (Å²) in [7, 11) is 0. The van der Waals surface area contributed by atoms with Gasteiger partial charge in [0, 0.05) is 37.1 Å². The van der Waals surface area contributed by atoms with E-state index < -0.39 is 0 Å². The second-order valence-corrected chi connectivity index (χ2v) is 8.92. The van der Waals surface area contributed by atoms with Crippen LogP contribution in [-0.2, 0) is 0 Å². The molecule has 1 aliphatic rings. The van der Waals surface area contributed by atoms with Crippen LogP contribution in [0.15, 0.2) is 72.8 Å². The van der Waals surface area contributed by atoms with E-state index in [-0.39, 0.29) is 11.7 Å². The average Bonchev–Trinajstić information content (AvgIpc) is 3.23. The van der Waals surface area contributed by atoms with Gasteiger partial charge in [-0.25, -0.2) is 13.8 Å². The molecule has 0 N–H and O–H groups in total. The third-order valence-electron chi connectivity index (χ3n) is 6.65. The predicted octanol–water partition coefficient (Wildman–Crippen LogP) is 4.31. The number of nitriles is 1. The van der Waals surface area contributed by atoms with Crippen molar-refractivity contribution in [3.63, 3.8) is 0 Å². The fourth-order valence-corrected chi connectivity index (χ4v) is 4.82. The van der Waals surface area contributed by atoms with Crippen LogP contribution >= 0.6 is 0 Å². The van der Waals surface area contributed by atoms with Gasteiger partial charge in [0.05, 0.1) is 22.7 Å². The number of benzene rings is 3. The Morgan fingerprint density at radius 2 is 1.76 bits per heavy atom. The van der Waals surface area contributed by atoms with Crippen LogP contribution in [-0.4, -0.2) is 56.6 Å². The minimum atomic E-state index is -0.386. The molecule has 0 saturated carbocycles. The first-order chi connectivity index (χ1) is 18.1. The van der Waals surface area contributed by atoms with E-state index in [1.807, 2.05) is 28.7 Å². The molecule has 0 spiro atoms. The normalized spacial score (nSPS) is 14.1. The van der Waals surface area contributed by atoms with Crippen molar-refractivity contribution in [3.8, 4) is 17.5 Å². The second-order valence-electron chi connectivity index (χ2n) is 8.92. The summed E-state index contributed by atoms with van der Waals surface area (Å²) >= 11 is 0. The number of nitrogens with zero attached hydrogens (tertiary/aromatic N) is 7. The lowest BCUT2D eigenvalue weighted by atomic mass is 10.1. The van der Waals surface area contributed by atoms with Crippen molar-refractivity contribution in [2.45, 2.75) is 6.42 Å². The smallest absolute Gasteiger partial charge is 0.253 e. The van der Waals surface area contributed by atoms with Crippen molar-refractivity contribution < 1.29 is 9.18 Å². The van der Waals surface area contributed by atoms with Crippen LogP contribution in [0.2, 0.25) is 0 Å². The molecule has 8 nitrogen and oxygen atoms in total. The number of carbonyl (C=O) groups is 1. The molecular weight excluding hydrogens is 469 g/mol. The van der Waals surface area contributed by atoms with Gasteiger partial charge < -0.3 is 9.80 Å². The molecule has 0 atom stereocenters. The molecule has 0 unspecified atom stereocenters. The van der Waals surface area contributed by atoms with Gasteiger partial charge in [-0.3, -0.25) is 4.79 Å². The van der Waals surface area contributed by atoms with Gasteiger partial charge in [-0.05, 0) is 48.9 Å². The quantitative estimate of drug-likeness (QED) is 0.374. The molecule has 9 heteroatoms. The Morgan fingerprint density at radius 3 is 2.62 bits per heavy atom. The summed E-state index contributed by atoms with van der Waals surface area (Å²) in [5.41, 5.74) is 2.67. The Labute approximate surface area is 212 Å². The molecule has 2 aromatic heterocycles. The van der Waals surface area contributed by atoms with Crippen LogP contribution in [0.1, 0.15) is 22.3 Å². The lowest BCUT2D eigenvalue weighted by Crippen LogP contribution is -2.36. The summed E-state index contributed by atoms with van der Waals surface area (Å²) in [4.78, 5) is 22.1. The van der Waals surface area contributed by atoms with Gasteiger partial charge in [0.1, 0.15) is 5.82 Å². The summed E-state index contributed by atoms with van der Waals surface area (Å²) in [5.74, 6) is 0.500. The maximum absolute atomic E-state index is 14.8. The van der Waals surface area contributed by atoms with Gasteiger partial charge in [0.2, 0.25) is 5.95 Å². The zero-order valence-corrected chi connectivity index (χ0v) is 19.9. The number of aromatic nitrogens is 4. The SMILES string of the molecule is N#Cc1cccc(C(=O)N2CCCN(c3nc4ccccc4c4nnc(-c5ccccc5F)n34)CC2)c1. The fraction of sp³-hybridized carbons (Fsp3) is 0.179. The standard InChI is InChI=1S/C28H22FN7O/c29-23-11-3-1-9-21(23)25-32-33-26-22-10-2-4-12-24(22)31-28(36(25)26)35-14-6-13-34(15-16-35)27(37)20-8-5-7-19(17-20)18-30/h1-5,7-12,17H,6,13-16H2. The molecule has 1 saturated heterocycles. The molecule has 5 aromatic rings. The summed E-state index contributed by atoms with van der Waals surface area (Å²) < 4.78 is 16.6. The van der Waals surface area contributed by atoms with E-state index >= 15 is 0 Å². The lowest BCUT2D eigenvalue weighted by Gasteiger charge is -2.24. The summed E-state index contributed by atoms with van der Waals surface area (Å²) in [6, 6.07) is 23.0. The molecule has 182 valence electrons. The molecule has 0 bridgehead atoms. The molecular formula is C28H22FN7O. The van der Waals surface area contributed by atoms with Crippen molar-refractivity contribution in [2.24, 2.45) is 0 Å². The summed E-state index contributed by atoms with van der Waals surface area (Å²) in [5, 5.41) is 18.8. The topological polar surface area (TPSA) is 90.4 Å². The minimum Gasteiger partial charge on any atom is -0.340 e. The van der Waals surface area contributed by atoms with Crippen molar-refractivity contribution in [2.75, 3.05) is 31.1 Å². The first-order valence-electron chi connectivity index (χ1n) is 12.1. The third-order valence-corrected chi connectivity index (χ3v) is 6.65. The zero-order valence-electron chi connectivity index (χ0n) is 19.9. The maximum Gasteiger partial charge on any atom is 0.253 e. The number of hydrogen-bond donors (Lipinski definition) is 0. The number of carbonyl (C=O) groups excluding carboxylic acids is 1. The van der Waals surface area contributed by atoms with E-state index in [1.165, 1.54) is 6.07 Å². The number of halogens is 1. The van der Waals surface area contributed by atoms with Crippen LogP contribution in [0, 0.1) is 17.1 Å². The van der Waals surface area contributed by atoms with Crippen molar-refractivity contribution in [1.82, 2.24) is 24.5 Å². The van der Waals surface area contributed by atoms with E-state index in [4.69, 9.17) is 4.98 Å². The van der Waals surface area contributed by atoms with E-state index in [0.29, 0.717) is 60.3 Å². The predicted molar refractivity (Wildman–Crippen MR) is 138 cm³/mol. The summed E-state index contributed by atoms with van der Waals surface area (Å²) in [6.07, 6.45) is 0.719. The largest absolute Gasteiger partial charge is 0.340 e. The van der Waals surface area contributed by atoms with Gasteiger partial charge in [0.15, 0.2) is 11.5 Å². The second kappa shape index (κ2) is 9.32. The third kappa shape index (κ3) is 4.02. The highest BCUT2D eigenvalue weighted by Crippen LogP contribution is 2.30. The molecule has 6 rings (SSSR count). The highest BCUT2D eigenvalue weighted by atomic mass is 19.1. The van der Waals surface area contributed by atoms with Gasteiger partial charge in [-0.2, -0.15) is 5.26 Å². The number of anilines is 1. The zero-order chi connectivity index (χ0) is 25.4. The Bertz CT molecular complexity index is 1690. The fourth-order valence-electron chi connectivity index (χ4n) is 4.82. The van der Waals surface area contributed by atoms with Crippen molar-refractivity contribution in [3.05, 3.63) is 89.7 Å². The Balaban J connectivity index is 1.40. The minimum absolute atomic E-state index is 0.105. The Kier molecular flexibility index (Phi) is 5.69. The monoisotopic (exact) mass is 491 g/mol. The molecule has 3 aromatic carbocycles. The van der Waals surface area contributed by atoms with Crippen LogP contribution in [0.4, 0.5) is 10.3 Å². The number of rotatable bonds is 3. The van der Waals surface area contributed by atoms with Gasteiger partial charge >= 0.3 is 0 Å². The molecule has 3 heterocycles. The summed E-state index contributed by atoms with van der Waals surface area (Å²) in [6.45, 7) is 2.23.